The van der Waals surface area contributed by atoms with Crippen LogP contribution >= 0.6 is 0 Å². The number of amides is 1. The predicted octanol–water partition coefficient (Wildman–Crippen LogP) is 4.33. The molecule has 1 N–H and O–H groups in total. The fourth-order valence-electron chi connectivity index (χ4n) is 4.37. The van der Waals surface area contributed by atoms with E-state index >= 15 is 0 Å². The summed E-state index contributed by atoms with van der Waals surface area (Å²) in [5.74, 6) is 0.0344. The molecule has 3 aromatic carbocycles. The Labute approximate surface area is 193 Å². The Morgan fingerprint density at radius 2 is 1.70 bits per heavy atom. The summed E-state index contributed by atoms with van der Waals surface area (Å²) in [5, 5.41) is 11.6. The van der Waals surface area contributed by atoms with E-state index in [9.17, 15) is 14.7 Å². The minimum atomic E-state index is -1.94. The van der Waals surface area contributed by atoms with E-state index in [2.05, 4.69) is 6.07 Å². The lowest BCUT2D eigenvalue weighted by molar-refractivity contribution is -0.136. The molecule has 0 radical (unpaired) electrons. The van der Waals surface area contributed by atoms with Crippen LogP contribution in [0.2, 0.25) is 0 Å². The average Bonchev–Trinajstić information content (AvgIpc) is 3.02. The number of carbonyl (C=O) groups is 2. The SMILES string of the molecule is COc1ccc(C(=O)CC2(O)C(=O)N(Cc3ccc(C)cc3C)c3ccccc32)cc1OC. The predicted molar refractivity (Wildman–Crippen MR) is 126 cm³/mol. The number of ether oxygens (including phenoxy) is 2. The Hall–Kier alpha value is -3.64. The highest BCUT2D eigenvalue weighted by Crippen LogP contribution is 2.44. The minimum Gasteiger partial charge on any atom is -0.493 e. The monoisotopic (exact) mass is 445 g/mol. The number of benzene rings is 3. The molecule has 0 bridgehead atoms. The molecule has 33 heavy (non-hydrogen) atoms. The van der Waals surface area contributed by atoms with Crippen molar-refractivity contribution in [2.45, 2.75) is 32.4 Å². The Kier molecular flexibility index (Phi) is 5.95. The van der Waals surface area contributed by atoms with Gasteiger partial charge in [0.25, 0.3) is 5.91 Å². The summed E-state index contributed by atoms with van der Waals surface area (Å²) in [4.78, 5) is 28.3. The molecule has 1 atom stereocenters. The van der Waals surface area contributed by atoms with Crippen molar-refractivity contribution in [1.29, 1.82) is 0 Å². The first kappa shape index (κ1) is 22.6. The molecule has 1 aliphatic heterocycles. The summed E-state index contributed by atoms with van der Waals surface area (Å²) < 4.78 is 10.5. The lowest BCUT2D eigenvalue weighted by Gasteiger charge is -2.23. The number of rotatable bonds is 7. The number of Topliss-reactive ketones (excluding diaryl/α,β-unsaturated/α-hetero) is 1. The molecule has 0 saturated heterocycles. The number of ketones is 1. The molecule has 0 aromatic heterocycles. The highest BCUT2D eigenvalue weighted by atomic mass is 16.5. The van der Waals surface area contributed by atoms with Crippen LogP contribution in [0.4, 0.5) is 5.69 Å². The molecule has 0 aliphatic carbocycles. The fraction of sp³-hybridized carbons (Fsp3) is 0.259. The van der Waals surface area contributed by atoms with E-state index in [0.717, 1.165) is 16.7 Å². The van der Waals surface area contributed by atoms with Gasteiger partial charge in [0.05, 0.1) is 32.9 Å². The second-order valence-corrected chi connectivity index (χ2v) is 8.37. The number of anilines is 1. The van der Waals surface area contributed by atoms with Crippen LogP contribution in [0.5, 0.6) is 11.5 Å². The van der Waals surface area contributed by atoms with Crippen LogP contribution in [-0.2, 0) is 16.9 Å². The van der Waals surface area contributed by atoms with E-state index in [-0.39, 0.29) is 12.2 Å². The zero-order valence-corrected chi connectivity index (χ0v) is 19.2. The topological polar surface area (TPSA) is 76.1 Å². The second kappa shape index (κ2) is 8.71. The zero-order valence-electron chi connectivity index (χ0n) is 19.2. The van der Waals surface area contributed by atoms with Gasteiger partial charge in [0.15, 0.2) is 22.9 Å². The van der Waals surface area contributed by atoms with Crippen molar-refractivity contribution in [1.82, 2.24) is 0 Å². The molecule has 0 fully saturated rings. The molecule has 170 valence electrons. The first-order chi connectivity index (χ1) is 15.8. The smallest absolute Gasteiger partial charge is 0.264 e. The van der Waals surface area contributed by atoms with Crippen molar-refractivity contribution in [3.05, 3.63) is 88.5 Å². The Bertz CT molecular complexity index is 1230. The molecular weight excluding hydrogens is 418 g/mol. The highest BCUT2D eigenvalue weighted by molar-refractivity contribution is 6.10. The lowest BCUT2D eigenvalue weighted by atomic mass is 9.88. The second-order valence-electron chi connectivity index (χ2n) is 8.37. The van der Waals surface area contributed by atoms with E-state index in [1.807, 2.05) is 32.0 Å². The molecule has 1 amide bonds. The van der Waals surface area contributed by atoms with Gasteiger partial charge in [-0.1, -0.05) is 42.0 Å². The first-order valence-electron chi connectivity index (χ1n) is 10.7. The minimum absolute atomic E-state index is 0.314. The number of para-hydroxylation sites is 1. The van der Waals surface area contributed by atoms with Gasteiger partial charge >= 0.3 is 0 Å². The lowest BCUT2D eigenvalue weighted by Crippen LogP contribution is -2.41. The number of methoxy groups -OCH3 is 2. The maximum absolute atomic E-state index is 13.5. The molecule has 6 nitrogen and oxygen atoms in total. The third kappa shape index (κ3) is 3.98. The van der Waals surface area contributed by atoms with Crippen LogP contribution in [0.1, 0.15) is 39.0 Å². The van der Waals surface area contributed by atoms with Crippen LogP contribution in [-0.4, -0.2) is 31.0 Å². The Morgan fingerprint density at radius 1 is 0.970 bits per heavy atom. The number of carbonyl (C=O) groups excluding carboxylic acids is 2. The Morgan fingerprint density at radius 3 is 2.39 bits per heavy atom. The van der Waals surface area contributed by atoms with Gasteiger partial charge < -0.3 is 19.5 Å². The molecule has 0 saturated carbocycles. The van der Waals surface area contributed by atoms with Crippen LogP contribution in [0.15, 0.2) is 60.7 Å². The molecule has 1 heterocycles. The van der Waals surface area contributed by atoms with Crippen molar-refractivity contribution >= 4 is 17.4 Å². The van der Waals surface area contributed by atoms with Crippen molar-refractivity contribution < 1.29 is 24.2 Å². The van der Waals surface area contributed by atoms with Crippen molar-refractivity contribution in [3.63, 3.8) is 0 Å². The van der Waals surface area contributed by atoms with Crippen molar-refractivity contribution in [3.8, 4) is 11.5 Å². The van der Waals surface area contributed by atoms with Crippen molar-refractivity contribution in [2.24, 2.45) is 0 Å². The third-order valence-electron chi connectivity index (χ3n) is 6.19. The molecule has 0 spiro atoms. The van der Waals surface area contributed by atoms with Crippen LogP contribution in [0, 0.1) is 13.8 Å². The summed E-state index contributed by atoms with van der Waals surface area (Å²) in [7, 11) is 3.00. The largest absolute Gasteiger partial charge is 0.493 e. The van der Waals surface area contributed by atoms with Gasteiger partial charge in [0, 0.05) is 11.1 Å². The number of hydrogen-bond donors (Lipinski definition) is 1. The van der Waals surface area contributed by atoms with Crippen LogP contribution in [0.25, 0.3) is 0 Å². The maximum Gasteiger partial charge on any atom is 0.264 e. The molecule has 1 unspecified atom stereocenters. The van der Waals surface area contributed by atoms with Gasteiger partial charge in [-0.15, -0.1) is 0 Å². The molecule has 3 aromatic rings. The molecular formula is C27H27NO5. The summed E-state index contributed by atoms with van der Waals surface area (Å²) >= 11 is 0. The van der Waals surface area contributed by atoms with E-state index in [4.69, 9.17) is 9.47 Å². The summed E-state index contributed by atoms with van der Waals surface area (Å²) in [6, 6.07) is 17.9. The van der Waals surface area contributed by atoms with Gasteiger partial charge in [-0.3, -0.25) is 9.59 Å². The standard InChI is InChI=1S/C27H27NO5/c1-17-9-10-20(18(2)13-17)16-28-22-8-6-5-7-21(22)27(31,26(28)30)15-23(29)19-11-12-24(32-3)25(14-19)33-4/h5-14,31H,15-16H2,1-4H3. The van der Waals surface area contributed by atoms with Gasteiger partial charge in [0.2, 0.25) is 0 Å². The number of aryl methyl sites for hydroxylation is 2. The average molecular weight is 446 g/mol. The van der Waals surface area contributed by atoms with Gasteiger partial charge in [-0.25, -0.2) is 0 Å². The number of fused-ring (bicyclic) bond motifs is 1. The van der Waals surface area contributed by atoms with Crippen LogP contribution < -0.4 is 14.4 Å². The van der Waals surface area contributed by atoms with Gasteiger partial charge in [0.1, 0.15) is 0 Å². The number of nitrogens with zero attached hydrogens (tertiary/aromatic N) is 1. The van der Waals surface area contributed by atoms with E-state index in [1.165, 1.54) is 14.2 Å². The van der Waals surface area contributed by atoms with E-state index < -0.39 is 11.5 Å². The Balaban J connectivity index is 1.67. The number of hydrogen-bond acceptors (Lipinski definition) is 5. The number of aliphatic hydroxyl groups is 1. The summed E-state index contributed by atoms with van der Waals surface area (Å²) in [6.45, 7) is 4.34. The first-order valence-corrected chi connectivity index (χ1v) is 10.7. The molecule has 6 heteroatoms. The normalized spacial score (nSPS) is 17.1. The third-order valence-corrected chi connectivity index (χ3v) is 6.19. The molecule has 4 rings (SSSR count). The summed E-state index contributed by atoms with van der Waals surface area (Å²) in [6.07, 6.45) is -0.373. The van der Waals surface area contributed by atoms with Crippen LogP contribution in [0.3, 0.4) is 0 Å². The van der Waals surface area contributed by atoms with Gasteiger partial charge in [-0.05, 0) is 49.2 Å². The zero-order chi connectivity index (χ0) is 23.8. The van der Waals surface area contributed by atoms with E-state index in [0.29, 0.717) is 34.9 Å². The van der Waals surface area contributed by atoms with Crippen molar-refractivity contribution in [2.75, 3.05) is 19.1 Å². The maximum atomic E-state index is 13.5. The fourth-order valence-corrected chi connectivity index (χ4v) is 4.37. The van der Waals surface area contributed by atoms with E-state index in [1.54, 1.807) is 41.3 Å². The summed E-state index contributed by atoms with van der Waals surface area (Å²) in [5.41, 5.74) is 2.63. The highest BCUT2D eigenvalue weighted by Gasteiger charge is 2.50. The van der Waals surface area contributed by atoms with Gasteiger partial charge in [-0.2, -0.15) is 0 Å². The quantitative estimate of drug-likeness (QED) is 0.548. The molecule has 1 aliphatic rings.